The van der Waals surface area contributed by atoms with Crippen molar-refractivity contribution in [2.45, 2.75) is 12.5 Å². The second-order valence-electron chi connectivity index (χ2n) is 1.58. The smallest absolute Gasteiger partial charge is 0.261 e. The van der Waals surface area contributed by atoms with Gasteiger partial charge < -0.3 is 10.8 Å². The zero-order chi connectivity index (χ0) is 6.78. The van der Waals surface area contributed by atoms with Crippen LogP contribution in [0.4, 0.5) is 0 Å². The maximum Gasteiger partial charge on any atom is 0.261 e. The number of hydrogen-bond acceptors (Lipinski definition) is 2. The van der Waals surface area contributed by atoms with Crippen LogP contribution in [0, 0.1) is 12.3 Å². The van der Waals surface area contributed by atoms with Crippen LogP contribution in [0.3, 0.4) is 0 Å². The van der Waals surface area contributed by atoms with Crippen LogP contribution < -0.4 is 5.73 Å². The van der Waals surface area contributed by atoms with E-state index in [9.17, 15) is 4.79 Å². The summed E-state index contributed by atoms with van der Waals surface area (Å²) < 4.78 is 0. The van der Waals surface area contributed by atoms with Crippen molar-refractivity contribution in [2.24, 2.45) is 5.73 Å². The third-order valence-electron chi connectivity index (χ3n) is 0.761. The molecule has 44 valence electrons. The van der Waals surface area contributed by atoms with E-state index in [0.29, 0.717) is 0 Å². The Hall–Kier alpha value is -1.01. The number of rotatable bonds is 1. The molecule has 0 aliphatic heterocycles. The van der Waals surface area contributed by atoms with Crippen LogP contribution >= 0.6 is 0 Å². The van der Waals surface area contributed by atoms with Crippen LogP contribution in [0.2, 0.25) is 0 Å². The summed E-state index contributed by atoms with van der Waals surface area (Å²) >= 11 is 0. The first kappa shape index (κ1) is 6.99. The number of carbonyl (C=O) groups is 1. The lowest BCUT2D eigenvalue weighted by Gasteiger charge is -2.08. The molecule has 0 aliphatic carbocycles. The molecule has 0 heterocycles. The Morgan fingerprint density at radius 1 is 2.00 bits per heavy atom. The lowest BCUT2D eigenvalue weighted by molar-refractivity contribution is -0.129. The van der Waals surface area contributed by atoms with E-state index in [1.165, 1.54) is 0 Å². The van der Waals surface area contributed by atoms with Gasteiger partial charge in [0.1, 0.15) is 0 Å². The van der Waals surface area contributed by atoms with Crippen LogP contribution in [0.1, 0.15) is 6.92 Å². The van der Waals surface area contributed by atoms with Gasteiger partial charge in [-0.15, -0.1) is 6.42 Å². The molecule has 1 atom stereocenters. The van der Waals surface area contributed by atoms with Gasteiger partial charge in [-0.25, -0.2) is 0 Å². The molecule has 3 heteroatoms. The van der Waals surface area contributed by atoms with Gasteiger partial charge in [0, 0.05) is 0 Å². The highest BCUT2D eigenvalue weighted by atomic mass is 16.3. The SMILES string of the molecule is C#CC(C)(O)C(N)=O. The fourth-order valence-corrected chi connectivity index (χ4v) is 0.0711. The highest BCUT2D eigenvalue weighted by Crippen LogP contribution is 1.96. The predicted octanol–water partition coefficient (Wildman–Crippen LogP) is -1.14. The van der Waals surface area contributed by atoms with E-state index in [0.717, 1.165) is 6.92 Å². The van der Waals surface area contributed by atoms with Gasteiger partial charge in [0.25, 0.3) is 5.91 Å². The summed E-state index contributed by atoms with van der Waals surface area (Å²) in [5, 5.41) is 8.69. The first-order valence-corrected chi connectivity index (χ1v) is 2.01. The molecule has 0 radical (unpaired) electrons. The molecular formula is C5H7NO2. The Bertz CT molecular complexity index is 143. The van der Waals surface area contributed by atoms with Crippen molar-refractivity contribution in [1.82, 2.24) is 0 Å². The molecule has 3 nitrogen and oxygen atoms in total. The standard InChI is InChI=1S/C5H7NO2/c1-3-5(2,8)4(6)7/h1,8H,2H3,(H2,6,7). The number of terminal acetylenes is 1. The summed E-state index contributed by atoms with van der Waals surface area (Å²) in [6.07, 6.45) is 4.71. The largest absolute Gasteiger partial charge is 0.370 e. The Labute approximate surface area is 47.5 Å². The third-order valence-corrected chi connectivity index (χ3v) is 0.761. The fraction of sp³-hybridized carbons (Fsp3) is 0.400. The van der Waals surface area contributed by atoms with E-state index >= 15 is 0 Å². The molecule has 0 bridgehead atoms. The normalized spacial score (nSPS) is 16.1. The van der Waals surface area contributed by atoms with Crippen molar-refractivity contribution in [3.05, 3.63) is 0 Å². The van der Waals surface area contributed by atoms with Crippen molar-refractivity contribution in [3.8, 4) is 12.3 Å². The van der Waals surface area contributed by atoms with E-state index in [4.69, 9.17) is 11.5 Å². The van der Waals surface area contributed by atoms with Crippen molar-refractivity contribution < 1.29 is 9.90 Å². The highest BCUT2D eigenvalue weighted by Gasteiger charge is 2.23. The number of aliphatic hydroxyl groups is 1. The van der Waals surface area contributed by atoms with Crippen LogP contribution in [0.5, 0.6) is 0 Å². The molecule has 1 amide bonds. The summed E-state index contributed by atoms with van der Waals surface area (Å²) in [6.45, 7) is 1.16. The number of primary amides is 1. The molecule has 1 unspecified atom stereocenters. The van der Waals surface area contributed by atoms with Crippen LogP contribution in [0.15, 0.2) is 0 Å². The molecule has 0 aromatic carbocycles. The molecule has 0 rings (SSSR count). The average Bonchev–Trinajstić information content (AvgIpc) is 1.67. The van der Waals surface area contributed by atoms with Gasteiger partial charge in [0.15, 0.2) is 0 Å². The lowest BCUT2D eigenvalue weighted by atomic mass is 10.1. The lowest BCUT2D eigenvalue weighted by Crippen LogP contribution is -2.39. The first-order chi connectivity index (χ1) is 3.50. The molecule has 0 saturated carbocycles. The quantitative estimate of drug-likeness (QED) is 0.422. The second kappa shape index (κ2) is 1.85. The average molecular weight is 113 g/mol. The minimum absolute atomic E-state index is 0.903. The summed E-state index contributed by atoms with van der Waals surface area (Å²) in [7, 11) is 0. The zero-order valence-electron chi connectivity index (χ0n) is 4.51. The maximum absolute atomic E-state index is 10.1. The molecule has 0 saturated heterocycles. The maximum atomic E-state index is 10.1. The van der Waals surface area contributed by atoms with Gasteiger partial charge in [-0.1, -0.05) is 5.92 Å². The molecule has 8 heavy (non-hydrogen) atoms. The van der Waals surface area contributed by atoms with Gasteiger partial charge >= 0.3 is 0 Å². The second-order valence-corrected chi connectivity index (χ2v) is 1.58. The van der Waals surface area contributed by atoms with Gasteiger partial charge in [-0.3, -0.25) is 4.79 Å². The number of amides is 1. The van der Waals surface area contributed by atoms with E-state index in [1.54, 1.807) is 0 Å². The fourth-order valence-electron chi connectivity index (χ4n) is 0.0711. The number of hydrogen-bond donors (Lipinski definition) is 2. The van der Waals surface area contributed by atoms with Crippen LogP contribution in [-0.4, -0.2) is 16.6 Å². The Morgan fingerprint density at radius 2 is 2.38 bits per heavy atom. The van der Waals surface area contributed by atoms with Crippen molar-refractivity contribution in [1.29, 1.82) is 0 Å². The number of carbonyl (C=O) groups excluding carboxylic acids is 1. The first-order valence-electron chi connectivity index (χ1n) is 2.01. The van der Waals surface area contributed by atoms with Crippen LogP contribution in [-0.2, 0) is 4.79 Å². The highest BCUT2D eigenvalue weighted by molar-refractivity contribution is 5.86. The van der Waals surface area contributed by atoms with E-state index in [1.807, 2.05) is 5.92 Å². The third kappa shape index (κ3) is 1.24. The molecule has 0 aromatic heterocycles. The topological polar surface area (TPSA) is 63.3 Å². The molecule has 3 N–H and O–H groups in total. The number of nitrogens with two attached hydrogens (primary N) is 1. The van der Waals surface area contributed by atoms with E-state index < -0.39 is 11.5 Å². The summed E-state index contributed by atoms with van der Waals surface area (Å²) in [4.78, 5) is 10.1. The summed E-state index contributed by atoms with van der Waals surface area (Å²) in [6, 6.07) is 0. The molecule has 0 aliphatic rings. The van der Waals surface area contributed by atoms with Crippen LogP contribution in [0.25, 0.3) is 0 Å². The van der Waals surface area contributed by atoms with Crippen molar-refractivity contribution in [3.63, 3.8) is 0 Å². The minimum Gasteiger partial charge on any atom is -0.370 e. The summed E-state index contributed by atoms with van der Waals surface area (Å²) in [5.74, 6) is 0.919. The molecule has 0 aromatic rings. The van der Waals surface area contributed by atoms with Gasteiger partial charge in [-0.2, -0.15) is 0 Å². The summed E-state index contributed by atoms with van der Waals surface area (Å²) in [5.41, 5.74) is 2.86. The predicted molar refractivity (Wildman–Crippen MR) is 28.7 cm³/mol. The Balaban J connectivity index is 4.19. The Morgan fingerprint density at radius 3 is 2.38 bits per heavy atom. The van der Waals surface area contributed by atoms with Crippen molar-refractivity contribution >= 4 is 5.91 Å². The van der Waals surface area contributed by atoms with Gasteiger partial charge in [0.2, 0.25) is 5.60 Å². The molecule has 0 spiro atoms. The van der Waals surface area contributed by atoms with E-state index in [2.05, 4.69) is 5.73 Å². The van der Waals surface area contributed by atoms with Gasteiger partial charge in [-0.05, 0) is 6.92 Å². The zero-order valence-corrected chi connectivity index (χ0v) is 4.51. The minimum atomic E-state index is -1.79. The van der Waals surface area contributed by atoms with Crippen molar-refractivity contribution in [2.75, 3.05) is 0 Å². The Kier molecular flexibility index (Phi) is 1.61. The molecule has 0 fully saturated rings. The molecular weight excluding hydrogens is 106 g/mol. The van der Waals surface area contributed by atoms with Gasteiger partial charge in [0.05, 0.1) is 0 Å². The monoisotopic (exact) mass is 113 g/mol. The van der Waals surface area contributed by atoms with E-state index in [-0.39, 0.29) is 0 Å².